The van der Waals surface area contributed by atoms with Crippen LogP contribution in [0.3, 0.4) is 0 Å². The minimum Gasteiger partial charge on any atom is -0.500 e. The Balaban J connectivity index is 1.15. The molecule has 0 saturated heterocycles. The van der Waals surface area contributed by atoms with Gasteiger partial charge in [0.1, 0.15) is 18.1 Å². The van der Waals surface area contributed by atoms with Gasteiger partial charge in [0.05, 0.1) is 23.2 Å². The second-order valence-corrected chi connectivity index (χ2v) is 10.9. The smallest absolute Gasteiger partial charge is 0.248 e. The number of nitrogens with one attached hydrogen (secondary N) is 3. The summed E-state index contributed by atoms with van der Waals surface area (Å²) in [5.41, 5.74) is 5.30. The number of H-pyrrole nitrogens is 1. The lowest BCUT2D eigenvalue weighted by Crippen LogP contribution is -2.24. The summed E-state index contributed by atoms with van der Waals surface area (Å²) >= 11 is 3.58. The van der Waals surface area contributed by atoms with Crippen LogP contribution in [-0.4, -0.2) is 30.3 Å². The van der Waals surface area contributed by atoms with Crippen LogP contribution in [0.2, 0.25) is 0 Å². The Kier molecular flexibility index (Phi) is 9.92. The number of hydrogen-bond donors (Lipinski definition) is 4. The topological polar surface area (TPSA) is 95.6 Å². The van der Waals surface area contributed by atoms with E-state index in [9.17, 15) is 9.90 Å². The molecule has 0 spiro atoms. The molecule has 3 aromatic carbocycles. The summed E-state index contributed by atoms with van der Waals surface area (Å²) in [5.74, 6) is 1.47. The predicted molar refractivity (Wildman–Crippen MR) is 172 cm³/mol. The number of fused-ring (bicyclic) bond motifs is 1. The maximum absolute atomic E-state index is 12.1. The van der Waals surface area contributed by atoms with Crippen LogP contribution in [0.15, 0.2) is 118 Å². The van der Waals surface area contributed by atoms with E-state index in [1.165, 1.54) is 11.6 Å². The molecule has 8 heteroatoms. The van der Waals surface area contributed by atoms with Crippen LogP contribution in [0.5, 0.6) is 5.75 Å². The average Bonchev–Trinajstić information content (AvgIpc) is 3.19. The Morgan fingerprint density at radius 2 is 1.81 bits per heavy atom. The monoisotopic (exact) mass is 627 g/mol. The van der Waals surface area contributed by atoms with Gasteiger partial charge in [-0.05, 0) is 82.0 Å². The van der Waals surface area contributed by atoms with Crippen molar-refractivity contribution in [2.45, 2.75) is 25.6 Å². The summed E-state index contributed by atoms with van der Waals surface area (Å²) in [6.07, 6.45) is 6.93. The highest BCUT2D eigenvalue weighted by Crippen LogP contribution is 2.30. The number of aliphatic hydroxyl groups is 1. The molecule has 0 unspecified atom stereocenters. The summed E-state index contributed by atoms with van der Waals surface area (Å²) in [7, 11) is 1.68. The molecule has 1 heterocycles. The van der Waals surface area contributed by atoms with E-state index >= 15 is 0 Å². The van der Waals surface area contributed by atoms with Crippen molar-refractivity contribution in [1.29, 1.82) is 0 Å². The zero-order valence-electron chi connectivity index (χ0n) is 23.4. The van der Waals surface area contributed by atoms with Crippen LogP contribution in [0.4, 0.5) is 5.69 Å². The van der Waals surface area contributed by atoms with Gasteiger partial charge in [0.25, 0.3) is 0 Å². The zero-order chi connectivity index (χ0) is 29.3. The van der Waals surface area contributed by atoms with Crippen molar-refractivity contribution in [2.24, 2.45) is 0 Å². The fourth-order valence-corrected chi connectivity index (χ4v) is 5.38. The predicted octanol–water partition coefficient (Wildman–Crippen LogP) is 6.48. The number of ether oxygens (including phenoxy) is 2. The molecule has 0 bridgehead atoms. The van der Waals surface area contributed by atoms with Gasteiger partial charge in [-0.1, -0.05) is 54.6 Å². The maximum Gasteiger partial charge on any atom is 0.248 e. The zero-order valence-corrected chi connectivity index (χ0v) is 25.0. The van der Waals surface area contributed by atoms with Crippen molar-refractivity contribution in [2.75, 3.05) is 25.5 Å². The molecule has 1 aromatic heterocycles. The van der Waals surface area contributed by atoms with Crippen LogP contribution in [-0.2, 0) is 17.8 Å². The van der Waals surface area contributed by atoms with Gasteiger partial charge in [-0.2, -0.15) is 0 Å². The third-order valence-corrected chi connectivity index (χ3v) is 7.72. The molecule has 1 aliphatic carbocycles. The summed E-state index contributed by atoms with van der Waals surface area (Å²) in [6, 6.07) is 25.1. The molecule has 7 nitrogen and oxygen atoms in total. The molecule has 216 valence electrons. The average molecular weight is 629 g/mol. The molecule has 4 aromatic rings. The fourth-order valence-electron chi connectivity index (χ4n) is 4.81. The number of aliphatic hydroxyl groups excluding tert-OH is 1. The van der Waals surface area contributed by atoms with Crippen molar-refractivity contribution in [3.05, 3.63) is 140 Å². The Bertz CT molecular complexity index is 1660. The second-order valence-electron chi connectivity index (χ2n) is 10.0. The molecule has 0 aliphatic heterocycles. The molecule has 0 radical (unpaired) electrons. The fraction of sp³-hybridized carbons (Fsp3) is 0.206. The van der Waals surface area contributed by atoms with E-state index in [0.29, 0.717) is 31.0 Å². The molecule has 42 heavy (non-hydrogen) atoms. The van der Waals surface area contributed by atoms with Crippen molar-refractivity contribution >= 4 is 32.5 Å². The summed E-state index contributed by atoms with van der Waals surface area (Å²) in [5, 5.41) is 18.6. The lowest BCUT2D eigenvalue weighted by molar-refractivity contribution is 0.176. The molecule has 0 saturated carbocycles. The number of methoxy groups -OCH3 is 1. The van der Waals surface area contributed by atoms with Gasteiger partial charge in [-0.25, -0.2) is 0 Å². The largest absolute Gasteiger partial charge is 0.500 e. The second kappa shape index (κ2) is 14.2. The van der Waals surface area contributed by atoms with Gasteiger partial charge in [-0.15, -0.1) is 0 Å². The van der Waals surface area contributed by atoms with E-state index in [-0.39, 0.29) is 5.56 Å². The molecule has 0 amide bonds. The number of benzene rings is 3. The van der Waals surface area contributed by atoms with Gasteiger partial charge in [-0.3, -0.25) is 4.79 Å². The van der Waals surface area contributed by atoms with E-state index in [4.69, 9.17) is 9.47 Å². The third-order valence-electron chi connectivity index (χ3n) is 7.05. The van der Waals surface area contributed by atoms with E-state index in [1.54, 1.807) is 13.2 Å². The van der Waals surface area contributed by atoms with Crippen molar-refractivity contribution in [3.8, 4) is 5.75 Å². The normalized spacial score (nSPS) is 13.9. The lowest BCUT2D eigenvalue weighted by atomic mass is 10.0. The van der Waals surface area contributed by atoms with Crippen LogP contribution in [0.25, 0.3) is 10.9 Å². The van der Waals surface area contributed by atoms with Crippen LogP contribution in [0.1, 0.15) is 29.2 Å². The first-order valence-electron chi connectivity index (χ1n) is 13.9. The third kappa shape index (κ3) is 7.59. The molecule has 5 rings (SSSR count). The van der Waals surface area contributed by atoms with Crippen LogP contribution < -0.4 is 20.9 Å². The number of aromatic nitrogens is 1. The van der Waals surface area contributed by atoms with Crippen molar-refractivity contribution in [3.63, 3.8) is 0 Å². The first-order chi connectivity index (χ1) is 20.5. The molecule has 0 fully saturated rings. The minimum atomic E-state index is -0.749. The minimum absolute atomic E-state index is 0.217. The van der Waals surface area contributed by atoms with E-state index in [2.05, 4.69) is 61.9 Å². The number of pyridine rings is 1. The van der Waals surface area contributed by atoms with Gasteiger partial charge >= 0.3 is 0 Å². The van der Waals surface area contributed by atoms with Crippen LogP contribution >= 0.6 is 15.9 Å². The first-order valence-corrected chi connectivity index (χ1v) is 14.7. The molecular formula is C34H34BrN3O4. The highest BCUT2D eigenvalue weighted by molar-refractivity contribution is 9.11. The number of rotatable bonds is 12. The van der Waals surface area contributed by atoms with Gasteiger partial charge in [0.2, 0.25) is 5.56 Å². The molecule has 1 atom stereocenters. The van der Waals surface area contributed by atoms with E-state index in [0.717, 1.165) is 51.0 Å². The summed E-state index contributed by atoms with van der Waals surface area (Å²) < 4.78 is 12.4. The Morgan fingerprint density at radius 3 is 2.60 bits per heavy atom. The van der Waals surface area contributed by atoms with Gasteiger partial charge in [0.15, 0.2) is 0 Å². The SMILES string of the molecule is COC1=C(Br)C=C(Nc2ccc(CCNC[C@H](O)c3ccc(OCc4ccccc4)c4[nH]c(=O)ccc34)cc2)C=CC1. The molecule has 1 aliphatic rings. The van der Waals surface area contributed by atoms with Gasteiger partial charge < -0.3 is 30.2 Å². The summed E-state index contributed by atoms with van der Waals surface area (Å²) in [6.45, 7) is 1.47. The first kappa shape index (κ1) is 29.4. The number of allylic oxidation sites excluding steroid dienone is 4. The van der Waals surface area contributed by atoms with Crippen molar-refractivity contribution < 1.29 is 14.6 Å². The quantitative estimate of drug-likeness (QED) is 0.134. The molecule has 4 N–H and O–H groups in total. The summed E-state index contributed by atoms with van der Waals surface area (Å²) in [4.78, 5) is 15.0. The van der Waals surface area contributed by atoms with Gasteiger partial charge in [0, 0.05) is 35.8 Å². The lowest BCUT2D eigenvalue weighted by Gasteiger charge is -2.17. The molecular weight excluding hydrogens is 594 g/mol. The highest BCUT2D eigenvalue weighted by Gasteiger charge is 2.15. The van der Waals surface area contributed by atoms with E-state index in [1.807, 2.05) is 54.6 Å². The highest BCUT2D eigenvalue weighted by atomic mass is 79.9. The van der Waals surface area contributed by atoms with Crippen molar-refractivity contribution in [1.82, 2.24) is 10.3 Å². The number of anilines is 1. The standard InChI is InChI=1S/C34H34BrN3O4/c1-41-31-9-5-8-26(20-29(31)35)37-25-12-10-23(11-13-25)18-19-36-21-30(39)27-14-16-32(34-28(27)15-17-33(40)38-34)42-22-24-6-3-2-4-7-24/h2-8,10-17,20,30,36-37,39H,9,18-19,21-22H2,1H3,(H,38,40)/t30-/m0/s1. The Hall–Kier alpha value is -4.11. The Morgan fingerprint density at radius 1 is 1.00 bits per heavy atom. The number of hydrogen-bond acceptors (Lipinski definition) is 6. The Labute approximate surface area is 253 Å². The van der Waals surface area contributed by atoms with E-state index < -0.39 is 6.10 Å². The van der Waals surface area contributed by atoms with Crippen LogP contribution in [0, 0.1) is 0 Å². The number of aromatic amines is 1. The maximum atomic E-state index is 12.1. The number of halogens is 1.